The number of hydrogen-bond donors (Lipinski definition) is 3. The Morgan fingerprint density at radius 2 is 2.00 bits per heavy atom. The Morgan fingerprint density at radius 1 is 1.40 bits per heavy atom. The van der Waals surface area contributed by atoms with E-state index in [2.05, 4.69) is 19.2 Å². The van der Waals surface area contributed by atoms with Crippen LogP contribution in [-0.2, 0) is 4.79 Å². The van der Waals surface area contributed by atoms with Crippen LogP contribution in [0.1, 0.15) is 33.6 Å². The maximum absolute atomic E-state index is 11.5. The second-order valence-electron chi connectivity index (χ2n) is 4.50. The lowest BCUT2D eigenvalue weighted by Gasteiger charge is -2.14. The summed E-state index contributed by atoms with van der Waals surface area (Å²) in [4.78, 5) is 11.5. The smallest absolute Gasteiger partial charge is 0.222 e. The molecule has 0 fully saturated rings. The summed E-state index contributed by atoms with van der Waals surface area (Å²) < 4.78 is 0. The fourth-order valence-electron chi connectivity index (χ4n) is 1.47. The molecule has 0 radical (unpaired) electrons. The number of hydrogen-bond acceptors (Lipinski definition) is 3. The zero-order chi connectivity index (χ0) is 11.8. The molecule has 90 valence electrons. The highest BCUT2D eigenvalue weighted by atomic mass is 16.3. The van der Waals surface area contributed by atoms with Crippen LogP contribution in [0.4, 0.5) is 0 Å². The fourth-order valence-corrected chi connectivity index (χ4v) is 1.47. The van der Waals surface area contributed by atoms with Gasteiger partial charge in [0.05, 0.1) is 6.10 Å². The normalized spacial score (nSPS) is 15.1. The molecule has 0 aromatic heterocycles. The number of rotatable bonds is 7. The molecule has 0 heterocycles. The Labute approximate surface area is 92.2 Å². The van der Waals surface area contributed by atoms with Crippen LogP contribution in [0.2, 0.25) is 0 Å². The quantitative estimate of drug-likeness (QED) is 0.580. The average molecular weight is 216 g/mol. The molecule has 0 saturated carbocycles. The number of aliphatic hydroxyl groups is 1. The molecule has 4 heteroatoms. The topological polar surface area (TPSA) is 75.3 Å². The van der Waals surface area contributed by atoms with E-state index in [9.17, 15) is 9.90 Å². The van der Waals surface area contributed by atoms with Gasteiger partial charge in [-0.25, -0.2) is 0 Å². The molecule has 0 aliphatic carbocycles. The molecule has 0 spiro atoms. The summed E-state index contributed by atoms with van der Waals surface area (Å²) in [6.07, 6.45) is 0.910. The van der Waals surface area contributed by atoms with Gasteiger partial charge in [-0.1, -0.05) is 20.8 Å². The molecule has 4 N–H and O–H groups in total. The van der Waals surface area contributed by atoms with Crippen molar-refractivity contribution in [2.45, 2.75) is 39.7 Å². The summed E-state index contributed by atoms with van der Waals surface area (Å²) in [5.74, 6) is 0.633. The van der Waals surface area contributed by atoms with Crippen molar-refractivity contribution in [1.82, 2.24) is 5.32 Å². The van der Waals surface area contributed by atoms with Gasteiger partial charge in [-0.15, -0.1) is 0 Å². The summed E-state index contributed by atoms with van der Waals surface area (Å²) in [6.45, 7) is 6.87. The van der Waals surface area contributed by atoms with Gasteiger partial charge in [0, 0.05) is 19.0 Å². The van der Waals surface area contributed by atoms with E-state index < -0.39 is 6.10 Å². The number of amides is 1. The lowest BCUT2D eigenvalue weighted by molar-refractivity contribution is -0.125. The van der Waals surface area contributed by atoms with E-state index in [-0.39, 0.29) is 18.4 Å². The molecule has 0 saturated heterocycles. The molecular weight excluding hydrogens is 192 g/mol. The highest BCUT2D eigenvalue weighted by molar-refractivity contribution is 5.78. The van der Waals surface area contributed by atoms with Crippen LogP contribution in [0.5, 0.6) is 0 Å². The van der Waals surface area contributed by atoms with E-state index in [0.717, 1.165) is 6.42 Å². The third-order valence-electron chi connectivity index (χ3n) is 2.32. The van der Waals surface area contributed by atoms with E-state index in [0.29, 0.717) is 18.9 Å². The van der Waals surface area contributed by atoms with Gasteiger partial charge in [0.15, 0.2) is 0 Å². The first-order valence-electron chi connectivity index (χ1n) is 5.63. The number of nitrogens with one attached hydrogen (secondary N) is 1. The first-order valence-corrected chi connectivity index (χ1v) is 5.63. The van der Waals surface area contributed by atoms with Crippen molar-refractivity contribution < 1.29 is 9.90 Å². The Balaban J connectivity index is 3.64. The van der Waals surface area contributed by atoms with E-state index in [4.69, 9.17) is 5.73 Å². The second-order valence-corrected chi connectivity index (χ2v) is 4.50. The SMILES string of the molecule is CC(C)C[C@H](C)C(=O)NCC[C@H](O)CN. The summed E-state index contributed by atoms with van der Waals surface area (Å²) in [6, 6.07) is 0. The predicted molar refractivity (Wildman–Crippen MR) is 61.3 cm³/mol. The maximum atomic E-state index is 11.5. The van der Waals surface area contributed by atoms with Gasteiger partial charge in [0.2, 0.25) is 5.91 Å². The zero-order valence-corrected chi connectivity index (χ0v) is 9.99. The summed E-state index contributed by atoms with van der Waals surface area (Å²) in [5.41, 5.74) is 5.25. The largest absolute Gasteiger partial charge is 0.392 e. The zero-order valence-electron chi connectivity index (χ0n) is 9.99. The van der Waals surface area contributed by atoms with Gasteiger partial charge < -0.3 is 16.2 Å². The van der Waals surface area contributed by atoms with E-state index in [1.165, 1.54) is 0 Å². The van der Waals surface area contributed by atoms with Gasteiger partial charge in [0.25, 0.3) is 0 Å². The standard InChI is InChI=1S/C11H24N2O2/c1-8(2)6-9(3)11(15)13-5-4-10(14)7-12/h8-10,14H,4-7,12H2,1-3H3,(H,13,15)/t9-,10-/m0/s1. The Hall–Kier alpha value is -0.610. The number of carbonyl (C=O) groups excluding carboxylic acids is 1. The molecule has 0 aliphatic heterocycles. The molecule has 0 aromatic rings. The molecular formula is C11H24N2O2. The van der Waals surface area contributed by atoms with Crippen molar-refractivity contribution >= 4 is 5.91 Å². The van der Waals surface area contributed by atoms with Crippen LogP contribution in [0.3, 0.4) is 0 Å². The van der Waals surface area contributed by atoms with Crippen molar-refractivity contribution in [3.8, 4) is 0 Å². The minimum atomic E-state index is -0.509. The second kappa shape index (κ2) is 7.65. The van der Waals surface area contributed by atoms with Crippen LogP contribution >= 0.6 is 0 Å². The van der Waals surface area contributed by atoms with Gasteiger partial charge in [-0.2, -0.15) is 0 Å². The predicted octanol–water partition coefficient (Wildman–Crippen LogP) is 0.495. The van der Waals surface area contributed by atoms with Crippen LogP contribution < -0.4 is 11.1 Å². The first-order chi connectivity index (χ1) is 6.97. The third-order valence-corrected chi connectivity index (χ3v) is 2.32. The van der Waals surface area contributed by atoms with Crippen LogP contribution in [0.25, 0.3) is 0 Å². The first kappa shape index (κ1) is 14.4. The number of nitrogens with two attached hydrogens (primary N) is 1. The number of aliphatic hydroxyl groups excluding tert-OH is 1. The monoisotopic (exact) mass is 216 g/mol. The van der Waals surface area contributed by atoms with Crippen molar-refractivity contribution in [2.75, 3.05) is 13.1 Å². The van der Waals surface area contributed by atoms with Crippen molar-refractivity contribution in [3.05, 3.63) is 0 Å². The van der Waals surface area contributed by atoms with E-state index in [1.807, 2.05) is 6.92 Å². The Kier molecular flexibility index (Phi) is 7.34. The average Bonchev–Trinajstić information content (AvgIpc) is 2.16. The van der Waals surface area contributed by atoms with Gasteiger partial charge in [-0.05, 0) is 18.8 Å². The maximum Gasteiger partial charge on any atom is 0.222 e. The van der Waals surface area contributed by atoms with Gasteiger partial charge in [-0.3, -0.25) is 4.79 Å². The minimum Gasteiger partial charge on any atom is -0.392 e. The van der Waals surface area contributed by atoms with E-state index >= 15 is 0 Å². The molecule has 4 nitrogen and oxygen atoms in total. The van der Waals surface area contributed by atoms with Crippen molar-refractivity contribution in [3.63, 3.8) is 0 Å². The Bertz CT molecular complexity index is 183. The Morgan fingerprint density at radius 3 is 2.47 bits per heavy atom. The molecule has 2 atom stereocenters. The number of carbonyl (C=O) groups is 1. The summed E-state index contributed by atoms with van der Waals surface area (Å²) in [5, 5.41) is 12.0. The molecule has 1 amide bonds. The van der Waals surface area contributed by atoms with Crippen molar-refractivity contribution in [2.24, 2.45) is 17.6 Å². The van der Waals surface area contributed by atoms with Gasteiger partial charge >= 0.3 is 0 Å². The third kappa shape index (κ3) is 7.33. The van der Waals surface area contributed by atoms with Crippen LogP contribution in [0, 0.1) is 11.8 Å². The lowest BCUT2D eigenvalue weighted by atomic mass is 9.98. The molecule has 15 heavy (non-hydrogen) atoms. The lowest BCUT2D eigenvalue weighted by Crippen LogP contribution is -2.33. The highest BCUT2D eigenvalue weighted by Gasteiger charge is 2.13. The van der Waals surface area contributed by atoms with E-state index in [1.54, 1.807) is 0 Å². The summed E-state index contributed by atoms with van der Waals surface area (Å²) in [7, 11) is 0. The summed E-state index contributed by atoms with van der Waals surface area (Å²) >= 11 is 0. The van der Waals surface area contributed by atoms with Gasteiger partial charge in [0.1, 0.15) is 0 Å². The minimum absolute atomic E-state index is 0.0417. The molecule has 0 bridgehead atoms. The molecule has 0 aliphatic rings. The van der Waals surface area contributed by atoms with Crippen molar-refractivity contribution in [1.29, 1.82) is 0 Å². The molecule has 0 rings (SSSR count). The van der Waals surface area contributed by atoms with Crippen LogP contribution in [0.15, 0.2) is 0 Å². The highest BCUT2D eigenvalue weighted by Crippen LogP contribution is 2.10. The molecule has 0 unspecified atom stereocenters. The molecule has 0 aromatic carbocycles. The van der Waals surface area contributed by atoms with Crippen LogP contribution in [-0.4, -0.2) is 30.2 Å². The fraction of sp³-hybridized carbons (Fsp3) is 0.909.